The van der Waals surface area contributed by atoms with Crippen LogP contribution in [0.2, 0.25) is 0 Å². The number of hydrogen-bond donors (Lipinski definition) is 0. The number of hydrogen-bond acceptors (Lipinski definition) is 4. The Labute approximate surface area is 95.0 Å². The second-order valence-electron chi connectivity index (χ2n) is 3.07. The molecule has 0 aliphatic heterocycles. The Morgan fingerprint density at radius 1 is 1.62 bits per heavy atom. The lowest BCUT2D eigenvalue weighted by Crippen LogP contribution is -2.20. The lowest BCUT2D eigenvalue weighted by Gasteiger charge is -2.09. The summed E-state index contributed by atoms with van der Waals surface area (Å²) in [6.45, 7) is 5.75. The molecule has 0 heterocycles. The van der Waals surface area contributed by atoms with Gasteiger partial charge in [-0.3, -0.25) is 0 Å². The normalized spacial score (nSPS) is 14.6. The summed E-state index contributed by atoms with van der Waals surface area (Å²) in [4.78, 5) is 15.1. The third kappa shape index (κ3) is 3.08. The van der Waals surface area contributed by atoms with Gasteiger partial charge in [0.05, 0.1) is 6.61 Å². The zero-order valence-electron chi connectivity index (χ0n) is 9.53. The molecule has 1 rings (SSSR count). The first-order valence-corrected chi connectivity index (χ1v) is 5.06. The van der Waals surface area contributed by atoms with Crippen LogP contribution in [0.4, 0.5) is 0 Å². The molecule has 0 atom stereocenters. The summed E-state index contributed by atoms with van der Waals surface area (Å²) in [6, 6.07) is 0. The number of esters is 1. The Bertz CT molecular complexity index is 378. The number of carbonyl (C=O) groups is 1. The van der Waals surface area contributed by atoms with Crippen molar-refractivity contribution in [2.75, 3.05) is 13.7 Å². The van der Waals surface area contributed by atoms with Crippen LogP contribution in [0, 0.1) is 0 Å². The Hall–Kier alpha value is -1.84. The number of aliphatic imine (C=N–C) groups is 1. The van der Waals surface area contributed by atoms with Crippen LogP contribution in [0.3, 0.4) is 0 Å². The third-order valence-electron chi connectivity index (χ3n) is 1.97. The van der Waals surface area contributed by atoms with Gasteiger partial charge in [-0.1, -0.05) is 24.8 Å². The van der Waals surface area contributed by atoms with Gasteiger partial charge in [0.1, 0.15) is 5.76 Å². The molecule has 1 aliphatic carbocycles. The molecule has 0 saturated carbocycles. The monoisotopic (exact) mass is 221 g/mol. The average molecular weight is 221 g/mol. The smallest absolute Gasteiger partial charge is 0.394 e. The fraction of sp³-hybridized carbons (Fsp3) is 0.333. The summed E-state index contributed by atoms with van der Waals surface area (Å²) < 4.78 is 10.0. The molecule has 0 N–H and O–H groups in total. The van der Waals surface area contributed by atoms with Crippen LogP contribution in [-0.2, 0) is 14.3 Å². The van der Waals surface area contributed by atoms with E-state index < -0.39 is 5.97 Å². The SMILES string of the molecule is C=C(OC(=NC)C(=O)OCC)C1=CCC=C1. The third-order valence-corrected chi connectivity index (χ3v) is 1.97. The molecular weight excluding hydrogens is 206 g/mol. The molecule has 0 unspecified atom stereocenters. The minimum atomic E-state index is -0.575. The van der Waals surface area contributed by atoms with E-state index in [9.17, 15) is 4.79 Å². The standard InChI is InChI=1S/C12H15NO3/c1-4-15-12(14)11(13-3)16-9(2)10-7-5-6-8-10/h5,7-8H,2,4,6H2,1,3H3. The van der Waals surface area contributed by atoms with Crippen molar-refractivity contribution >= 4 is 11.9 Å². The first kappa shape index (κ1) is 12.2. The van der Waals surface area contributed by atoms with Gasteiger partial charge >= 0.3 is 11.9 Å². The summed E-state index contributed by atoms with van der Waals surface area (Å²) in [5.74, 6) is -0.246. The molecule has 0 aromatic rings. The van der Waals surface area contributed by atoms with E-state index in [1.807, 2.05) is 18.2 Å². The van der Waals surface area contributed by atoms with Crippen LogP contribution in [-0.4, -0.2) is 25.5 Å². The van der Waals surface area contributed by atoms with E-state index in [0.717, 1.165) is 12.0 Å². The van der Waals surface area contributed by atoms with Gasteiger partial charge in [-0.15, -0.1) is 0 Å². The van der Waals surface area contributed by atoms with Crippen molar-refractivity contribution in [1.82, 2.24) is 0 Å². The van der Waals surface area contributed by atoms with Crippen LogP contribution in [0.15, 0.2) is 41.1 Å². The number of ether oxygens (including phenoxy) is 2. The molecule has 4 nitrogen and oxygen atoms in total. The van der Waals surface area contributed by atoms with Gasteiger partial charge in [-0.25, -0.2) is 9.79 Å². The maximum absolute atomic E-state index is 11.4. The molecule has 86 valence electrons. The van der Waals surface area contributed by atoms with E-state index in [-0.39, 0.29) is 12.5 Å². The lowest BCUT2D eigenvalue weighted by molar-refractivity contribution is -0.136. The Morgan fingerprint density at radius 2 is 2.38 bits per heavy atom. The Balaban J connectivity index is 2.61. The van der Waals surface area contributed by atoms with Crippen molar-refractivity contribution in [3.05, 3.63) is 36.1 Å². The van der Waals surface area contributed by atoms with Crippen LogP contribution in [0.25, 0.3) is 0 Å². The minimum Gasteiger partial charge on any atom is -0.459 e. The largest absolute Gasteiger partial charge is 0.459 e. The summed E-state index contributed by atoms with van der Waals surface area (Å²) in [7, 11) is 1.47. The molecule has 0 spiro atoms. The summed E-state index contributed by atoms with van der Waals surface area (Å²) in [6.07, 6.45) is 6.69. The molecule has 0 aromatic heterocycles. The molecule has 0 aromatic carbocycles. The number of allylic oxidation sites excluding steroid dienone is 3. The molecule has 4 heteroatoms. The van der Waals surface area contributed by atoms with Crippen molar-refractivity contribution in [3.8, 4) is 0 Å². The first-order valence-electron chi connectivity index (χ1n) is 5.06. The predicted molar refractivity (Wildman–Crippen MR) is 62.1 cm³/mol. The highest BCUT2D eigenvalue weighted by Gasteiger charge is 2.16. The van der Waals surface area contributed by atoms with Gasteiger partial charge in [-0.05, 0) is 13.3 Å². The zero-order valence-corrected chi connectivity index (χ0v) is 9.53. The number of nitrogens with zero attached hydrogens (tertiary/aromatic N) is 1. The number of rotatable bonds is 3. The highest BCUT2D eigenvalue weighted by Crippen LogP contribution is 2.18. The molecule has 0 radical (unpaired) electrons. The van der Waals surface area contributed by atoms with E-state index >= 15 is 0 Å². The molecule has 0 saturated heterocycles. The molecule has 0 fully saturated rings. The van der Waals surface area contributed by atoms with Crippen molar-refractivity contribution in [2.24, 2.45) is 4.99 Å². The van der Waals surface area contributed by atoms with Crippen LogP contribution in [0.1, 0.15) is 13.3 Å². The first-order chi connectivity index (χ1) is 7.69. The van der Waals surface area contributed by atoms with Crippen molar-refractivity contribution in [2.45, 2.75) is 13.3 Å². The van der Waals surface area contributed by atoms with E-state index in [1.165, 1.54) is 7.05 Å². The van der Waals surface area contributed by atoms with Crippen LogP contribution >= 0.6 is 0 Å². The van der Waals surface area contributed by atoms with Crippen molar-refractivity contribution in [3.63, 3.8) is 0 Å². The van der Waals surface area contributed by atoms with Crippen molar-refractivity contribution < 1.29 is 14.3 Å². The van der Waals surface area contributed by atoms with E-state index in [4.69, 9.17) is 9.47 Å². The Morgan fingerprint density at radius 3 is 2.88 bits per heavy atom. The Kier molecular flexibility index (Phi) is 4.51. The summed E-state index contributed by atoms with van der Waals surface area (Å²) >= 11 is 0. The van der Waals surface area contributed by atoms with Gasteiger partial charge in [-0.2, -0.15) is 0 Å². The maximum Gasteiger partial charge on any atom is 0.394 e. The molecular formula is C12H15NO3. The topological polar surface area (TPSA) is 47.9 Å². The van der Waals surface area contributed by atoms with Gasteiger partial charge in [0.15, 0.2) is 0 Å². The zero-order chi connectivity index (χ0) is 12.0. The fourth-order valence-corrected chi connectivity index (χ4v) is 1.21. The molecule has 16 heavy (non-hydrogen) atoms. The van der Waals surface area contributed by atoms with Gasteiger partial charge in [0, 0.05) is 12.6 Å². The molecule has 0 bridgehead atoms. The number of carbonyl (C=O) groups excluding carboxylic acids is 1. The van der Waals surface area contributed by atoms with E-state index in [1.54, 1.807) is 6.92 Å². The second-order valence-corrected chi connectivity index (χ2v) is 3.07. The maximum atomic E-state index is 11.4. The predicted octanol–water partition coefficient (Wildman–Crippen LogP) is 1.99. The lowest BCUT2D eigenvalue weighted by atomic mass is 10.2. The fourth-order valence-electron chi connectivity index (χ4n) is 1.21. The molecule has 1 aliphatic rings. The summed E-state index contributed by atoms with van der Waals surface area (Å²) in [5, 5.41) is 0. The molecule has 0 amide bonds. The van der Waals surface area contributed by atoms with Crippen molar-refractivity contribution in [1.29, 1.82) is 0 Å². The van der Waals surface area contributed by atoms with E-state index in [2.05, 4.69) is 11.6 Å². The summed E-state index contributed by atoms with van der Waals surface area (Å²) in [5.41, 5.74) is 0.866. The highest BCUT2D eigenvalue weighted by atomic mass is 16.6. The highest BCUT2D eigenvalue weighted by molar-refractivity contribution is 6.32. The van der Waals surface area contributed by atoms with E-state index in [0.29, 0.717) is 5.76 Å². The average Bonchev–Trinajstić information content (AvgIpc) is 2.79. The quantitative estimate of drug-likeness (QED) is 0.317. The van der Waals surface area contributed by atoms with Gasteiger partial charge in [0.25, 0.3) is 0 Å². The second kappa shape index (κ2) is 5.90. The van der Waals surface area contributed by atoms with Gasteiger partial charge < -0.3 is 9.47 Å². The van der Waals surface area contributed by atoms with Crippen LogP contribution < -0.4 is 0 Å². The van der Waals surface area contributed by atoms with Crippen LogP contribution in [0.5, 0.6) is 0 Å². The van der Waals surface area contributed by atoms with Gasteiger partial charge in [0.2, 0.25) is 0 Å². The minimum absolute atomic E-state index is 0.0759.